The zero-order chi connectivity index (χ0) is 17.2. The summed E-state index contributed by atoms with van der Waals surface area (Å²) in [7, 11) is 1.40. The summed E-state index contributed by atoms with van der Waals surface area (Å²) in [6.45, 7) is 4.37. The number of benzene rings is 1. The summed E-state index contributed by atoms with van der Waals surface area (Å²) in [4.78, 5) is 38.8. The Labute approximate surface area is 138 Å². The molecule has 0 spiro atoms. The molecule has 2 saturated heterocycles. The number of para-hydroxylation sites is 2. The fourth-order valence-electron chi connectivity index (χ4n) is 3.75. The number of carbonyl (C=O) groups is 2. The number of imide groups is 1. The van der Waals surface area contributed by atoms with Crippen LogP contribution in [0.25, 0.3) is 0 Å². The SMILES string of the molecule is CC(C)[C@H]1CN2C(=O)N(C)C(=O)C3=Nc4ccccc4N1[C@@]32OO. The van der Waals surface area contributed by atoms with Crippen LogP contribution in [0.5, 0.6) is 0 Å². The van der Waals surface area contributed by atoms with Gasteiger partial charge < -0.3 is 4.90 Å². The van der Waals surface area contributed by atoms with Gasteiger partial charge in [-0.15, -0.1) is 0 Å². The van der Waals surface area contributed by atoms with Crippen molar-refractivity contribution in [2.45, 2.75) is 25.7 Å². The topological polar surface area (TPSA) is 85.7 Å². The number of fused-ring (bicyclic) bond motifs is 2. The van der Waals surface area contributed by atoms with E-state index in [1.165, 1.54) is 11.9 Å². The smallest absolute Gasteiger partial charge is 0.312 e. The van der Waals surface area contributed by atoms with E-state index in [1.807, 2.05) is 32.0 Å². The first-order chi connectivity index (χ1) is 11.4. The third kappa shape index (κ3) is 1.57. The van der Waals surface area contributed by atoms with Crippen molar-refractivity contribution in [3.05, 3.63) is 24.3 Å². The zero-order valence-corrected chi connectivity index (χ0v) is 13.6. The minimum absolute atomic E-state index is 0.00560. The molecule has 1 N–H and O–H groups in total. The fraction of sp³-hybridized carbons (Fsp3) is 0.438. The molecule has 4 rings (SSSR count). The van der Waals surface area contributed by atoms with Crippen molar-refractivity contribution in [2.75, 3.05) is 18.5 Å². The molecular formula is C16H18N4O4. The van der Waals surface area contributed by atoms with E-state index in [0.717, 1.165) is 10.6 Å². The highest BCUT2D eigenvalue weighted by molar-refractivity contribution is 6.47. The van der Waals surface area contributed by atoms with Crippen molar-refractivity contribution < 1.29 is 19.7 Å². The van der Waals surface area contributed by atoms with Gasteiger partial charge in [-0.2, -0.15) is 4.89 Å². The van der Waals surface area contributed by atoms with Crippen LogP contribution in [0.15, 0.2) is 29.3 Å². The molecule has 2 atom stereocenters. The number of hydrogen-bond acceptors (Lipinski definition) is 6. The monoisotopic (exact) mass is 330 g/mol. The number of nitrogens with zero attached hydrogens (tertiary/aromatic N) is 4. The molecule has 1 aromatic carbocycles. The van der Waals surface area contributed by atoms with Crippen LogP contribution in [0.4, 0.5) is 16.2 Å². The highest BCUT2D eigenvalue weighted by atomic mass is 17.1. The second-order valence-electron chi connectivity index (χ2n) is 6.59. The minimum Gasteiger partial charge on any atom is -0.312 e. The van der Waals surface area contributed by atoms with Gasteiger partial charge in [0.2, 0.25) is 0 Å². The average molecular weight is 330 g/mol. The molecule has 0 aliphatic carbocycles. The summed E-state index contributed by atoms with van der Waals surface area (Å²) < 4.78 is 0. The molecule has 2 fully saturated rings. The van der Waals surface area contributed by atoms with E-state index in [-0.39, 0.29) is 17.7 Å². The predicted octanol–water partition coefficient (Wildman–Crippen LogP) is 1.65. The van der Waals surface area contributed by atoms with Gasteiger partial charge in [0.15, 0.2) is 5.71 Å². The Morgan fingerprint density at radius 1 is 1.33 bits per heavy atom. The first kappa shape index (κ1) is 15.1. The van der Waals surface area contributed by atoms with E-state index in [1.54, 1.807) is 11.0 Å². The van der Waals surface area contributed by atoms with Crippen molar-refractivity contribution >= 4 is 29.0 Å². The zero-order valence-electron chi connectivity index (χ0n) is 13.6. The van der Waals surface area contributed by atoms with Crippen molar-refractivity contribution in [1.29, 1.82) is 0 Å². The minimum atomic E-state index is -1.70. The highest BCUT2D eigenvalue weighted by Crippen LogP contribution is 2.49. The number of rotatable bonds is 2. The van der Waals surface area contributed by atoms with Crippen LogP contribution in [0.1, 0.15) is 13.8 Å². The van der Waals surface area contributed by atoms with E-state index >= 15 is 0 Å². The van der Waals surface area contributed by atoms with Crippen LogP contribution in [-0.4, -0.2) is 58.2 Å². The van der Waals surface area contributed by atoms with Gasteiger partial charge in [0, 0.05) is 13.6 Å². The quantitative estimate of drug-likeness (QED) is 0.658. The predicted molar refractivity (Wildman–Crippen MR) is 86.0 cm³/mol. The Hall–Kier alpha value is -2.45. The summed E-state index contributed by atoms with van der Waals surface area (Å²) in [5.74, 6) is -2.12. The van der Waals surface area contributed by atoms with Crippen LogP contribution in [0.2, 0.25) is 0 Å². The second-order valence-corrected chi connectivity index (χ2v) is 6.59. The van der Waals surface area contributed by atoms with E-state index in [2.05, 4.69) is 4.99 Å². The van der Waals surface area contributed by atoms with Gasteiger partial charge in [-0.3, -0.25) is 14.6 Å². The number of hydrogen-bond donors (Lipinski definition) is 1. The van der Waals surface area contributed by atoms with Crippen molar-refractivity contribution in [2.24, 2.45) is 10.9 Å². The van der Waals surface area contributed by atoms with Crippen LogP contribution >= 0.6 is 0 Å². The number of carbonyl (C=O) groups excluding carboxylic acids is 2. The summed E-state index contributed by atoms with van der Waals surface area (Å²) in [6.07, 6.45) is 0. The van der Waals surface area contributed by atoms with Gasteiger partial charge in [-0.25, -0.2) is 15.0 Å². The number of aliphatic imine (C=N–C) groups is 1. The van der Waals surface area contributed by atoms with Crippen molar-refractivity contribution in [3.8, 4) is 0 Å². The van der Waals surface area contributed by atoms with Gasteiger partial charge >= 0.3 is 11.9 Å². The summed E-state index contributed by atoms with van der Waals surface area (Å²) in [6, 6.07) is 6.68. The standard InChI is InChI=1S/C16H18N4O4/c1-9(2)12-8-19-15(22)18(3)14(21)13-16(19,24-23)20(12)11-7-5-4-6-10(11)17-13/h4-7,9,12,23H,8H2,1-3H3/t12-,16-/m1/s1. The molecule has 0 aromatic heterocycles. The Morgan fingerprint density at radius 2 is 2.04 bits per heavy atom. The average Bonchev–Trinajstić information content (AvgIpc) is 2.95. The lowest BCUT2D eigenvalue weighted by Crippen LogP contribution is -2.73. The molecule has 126 valence electrons. The maximum Gasteiger partial charge on any atom is 0.330 e. The Morgan fingerprint density at radius 3 is 2.71 bits per heavy atom. The summed E-state index contributed by atoms with van der Waals surface area (Å²) >= 11 is 0. The second kappa shape index (κ2) is 4.78. The molecule has 3 heterocycles. The lowest BCUT2D eigenvalue weighted by molar-refractivity contribution is -0.325. The Kier molecular flexibility index (Phi) is 3.01. The van der Waals surface area contributed by atoms with E-state index in [4.69, 9.17) is 4.89 Å². The van der Waals surface area contributed by atoms with Crippen molar-refractivity contribution in [3.63, 3.8) is 0 Å². The maximum absolute atomic E-state index is 12.7. The molecule has 24 heavy (non-hydrogen) atoms. The molecule has 3 aliphatic heterocycles. The summed E-state index contributed by atoms with van der Waals surface area (Å²) in [5, 5.41) is 9.82. The Bertz CT molecular complexity index is 777. The Balaban J connectivity index is 2.04. The normalized spacial score (nSPS) is 28.3. The van der Waals surface area contributed by atoms with Crippen LogP contribution in [-0.2, 0) is 9.68 Å². The van der Waals surface area contributed by atoms with Crippen LogP contribution < -0.4 is 4.90 Å². The maximum atomic E-state index is 12.7. The fourth-order valence-corrected chi connectivity index (χ4v) is 3.75. The highest BCUT2D eigenvalue weighted by Gasteiger charge is 2.67. The van der Waals surface area contributed by atoms with E-state index < -0.39 is 17.8 Å². The molecule has 8 nitrogen and oxygen atoms in total. The molecule has 3 aliphatic rings. The lowest BCUT2D eigenvalue weighted by Gasteiger charge is -2.48. The van der Waals surface area contributed by atoms with Crippen molar-refractivity contribution in [1.82, 2.24) is 9.80 Å². The molecule has 3 amide bonds. The third-order valence-electron chi connectivity index (χ3n) is 5.00. The molecule has 0 saturated carbocycles. The number of amides is 3. The lowest BCUT2D eigenvalue weighted by atomic mass is 10.00. The number of urea groups is 1. The van der Waals surface area contributed by atoms with Gasteiger partial charge in [0.25, 0.3) is 5.91 Å². The molecular weight excluding hydrogens is 312 g/mol. The number of anilines is 1. The first-order valence-corrected chi connectivity index (χ1v) is 7.83. The molecule has 0 bridgehead atoms. The van der Waals surface area contributed by atoms with Gasteiger partial charge in [-0.05, 0) is 18.1 Å². The van der Waals surface area contributed by atoms with Crippen LogP contribution in [0, 0.1) is 5.92 Å². The van der Waals surface area contributed by atoms with E-state index in [9.17, 15) is 14.8 Å². The van der Waals surface area contributed by atoms with E-state index in [0.29, 0.717) is 12.2 Å². The summed E-state index contributed by atoms with van der Waals surface area (Å²) in [5.41, 5.74) is 1.33. The largest absolute Gasteiger partial charge is 0.330 e. The van der Waals surface area contributed by atoms with Gasteiger partial charge in [0.1, 0.15) is 0 Å². The molecule has 0 unspecified atom stereocenters. The van der Waals surface area contributed by atoms with Gasteiger partial charge in [0.05, 0.1) is 17.4 Å². The molecule has 8 heteroatoms. The third-order valence-corrected chi connectivity index (χ3v) is 5.00. The van der Waals surface area contributed by atoms with Gasteiger partial charge in [-0.1, -0.05) is 26.0 Å². The molecule has 0 radical (unpaired) electrons. The van der Waals surface area contributed by atoms with Crippen LogP contribution in [0.3, 0.4) is 0 Å². The first-order valence-electron chi connectivity index (χ1n) is 7.83. The molecule has 1 aromatic rings.